The van der Waals surface area contributed by atoms with Crippen LogP contribution in [0.25, 0.3) is 0 Å². The number of aryl methyl sites for hydroxylation is 1. The van der Waals surface area contributed by atoms with Crippen molar-refractivity contribution < 1.29 is 0 Å². The maximum absolute atomic E-state index is 4.46. The van der Waals surface area contributed by atoms with Gasteiger partial charge in [0.05, 0.1) is 6.33 Å². The minimum absolute atomic E-state index is 0.719. The number of nitrogens with zero attached hydrogens (tertiary/aromatic N) is 4. The van der Waals surface area contributed by atoms with E-state index < -0.39 is 0 Å². The SMILES string of the molecule is CN=C(NCCCn1ccnc1)N1CCC(Cc2ccccc2)C1. The molecule has 1 N–H and O–H groups in total. The highest BCUT2D eigenvalue weighted by atomic mass is 15.3. The molecular weight excluding hydrogens is 298 g/mol. The first-order valence-electron chi connectivity index (χ1n) is 8.80. The van der Waals surface area contributed by atoms with Crippen molar-refractivity contribution >= 4 is 5.96 Å². The quantitative estimate of drug-likeness (QED) is 0.504. The van der Waals surface area contributed by atoms with Crippen LogP contribution in [0, 0.1) is 5.92 Å². The molecule has 0 amide bonds. The number of hydrogen-bond donors (Lipinski definition) is 1. The average Bonchev–Trinajstić information content (AvgIpc) is 3.28. The van der Waals surface area contributed by atoms with E-state index in [0.717, 1.165) is 50.9 Å². The van der Waals surface area contributed by atoms with Crippen molar-refractivity contribution in [2.45, 2.75) is 25.8 Å². The lowest BCUT2D eigenvalue weighted by atomic mass is 9.99. The number of aromatic nitrogens is 2. The second-order valence-corrected chi connectivity index (χ2v) is 6.42. The number of rotatable bonds is 6. The highest BCUT2D eigenvalue weighted by molar-refractivity contribution is 5.80. The van der Waals surface area contributed by atoms with Crippen LogP contribution in [0.4, 0.5) is 0 Å². The van der Waals surface area contributed by atoms with Gasteiger partial charge in [0.25, 0.3) is 0 Å². The predicted molar refractivity (Wildman–Crippen MR) is 98.0 cm³/mol. The van der Waals surface area contributed by atoms with Crippen LogP contribution >= 0.6 is 0 Å². The van der Waals surface area contributed by atoms with Crippen molar-refractivity contribution in [3.8, 4) is 0 Å². The summed E-state index contributed by atoms with van der Waals surface area (Å²) in [6.45, 7) is 4.11. The van der Waals surface area contributed by atoms with E-state index in [4.69, 9.17) is 0 Å². The Hall–Kier alpha value is -2.30. The van der Waals surface area contributed by atoms with Gasteiger partial charge < -0.3 is 14.8 Å². The zero-order chi connectivity index (χ0) is 16.6. The molecule has 5 nitrogen and oxygen atoms in total. The molecule has 5 heteroatoms. The van der Waals surface area contributed by atoms with Gasteiger partial charge in [-0.05, 0) is 30.7 Å². The van der Waals surface area contributed by atoms with Gasteiger partial charge in [0.1, 0.15) is 0 Å². The molecule has 0 saturated carbocycles. The summed E-state index contributed by atoms with van der Waals surface area (Å²) >= 11 is 0. The van der Waals surface area contributed by atoms with Crippen molar-refractivity contribution in [2.75, 3.05) is 26.7 Å². The Balaban J connectivity index is 1.41. The normalized spacial score (nSPS) is 18.1. The summed E-state index contributed by atoms with van der Waals surface area (Å²) in [5.41, 5.74) is 1.44. The Morgan fingerprint density at radius 2 is 2.21 bits per heavy atom. The van der Waals surface area contributed by atoms with Gasteiger partial charge in [-0.3, -0.25) is 4.99 Å². The lowest BCUT2D eigenvalue weighted by Gasteiger charge is -2.21. The molecule has 1 aliphatic rings. The van der Waals surface area contributed by atoms with Gasteiger partial charge >= 0.3 is 0 Å². The van der Waals surface area contributed by atoms with E-state index in [1.165, 1.54) is 12.0 Å². The van der Waals surface area contributed by atoms with Gasteiger partial charge in [-0.15, -0.1) is 0 Å². The fourth-order valence-electron chi connectivity index (χ4n) is 3.35. The molecule has 2 aromatic rings. The molecule has 1 aromatic heterocycles. The van der Waals surface area contributed by atoms with E-state index in [1.54, 1.807) is 0 Å². The Kier molecular flexibility index (Phi) is 5.88. The molecule has 128 valence electrons. The number of guanidine groups is 1. The highest BCUT2D eigenvalue weighted by Gasteiger charge is 2.24. The monoisotopic (exact) mass is 325 g/mol. The maximum atomic E-state index is 4.46. The first-order valence-corrected chi connectivity index (χ1v) is 8.80. The molecule has 0 bridgehead atoms. The summed E-state index contributed by atoms with van der Waals surface area (Å²) in [5, 5.41) is 3.50. The summed E-state index contributed by atoms with van der Waals surface area (Å²) in [7, 11) is 1.88. The third-order valence-corrected chi connectivity index (χ3v) is 4.60. The molecule has 0 spiro atoms. The van der Waals surface area contributed by atoms with E-state index in [9.17, 15) is 0 Å². The van der Waals surface area contributed by atoms with Crippen LogP contribution in [0.3, 0.4) is 0 Å². The summed E-state index contributed by atoms with van der Waals surface area (Å²) < 4.78 is 2.11. The number of nitrogens with one attached hydrogen (secondary N) is 1. The highest BCUT2D eigenvalue weighted by Crippen LogP contribution is 2.20. The fraction of sp³-hybridized carbons (Fsp3) is 0.474. The average molecular weight is 325 g/mol. The standard InChI is InChI=1S/C19H27N5/c1-20-19(22-9-5-11-23-13-10-21-16-23)24-12-8-18(15-24)14-17-6-3-2-4-7-17/h2-4,6-7,10,13,16,18H,5,8-9,11-12,14-15H2,1H3,(H,20,22). The van der Waals surface area contributed by atoms with E-state index in [-0.39, 0.29) is 0 Å². The summed E-state index contributed by atoms with van der Waals surface area (Å²) in [5.74, 6) is 1.76. The topological polar surface area (TPSA) is 45.5 Å². The molecule has 0 radical (unpaired) electrons. The van der Waals surface area contributed by atoms with Gasteiger partial charge in [0.15, 0.2) is 5.96 Å². The van der Waals surface area contributed by atoms with Crippen LogP contribution in [-0.2, 0) is 13.0 Å². The summed E-state index contributed by atoms with van der Waals surface area (Å²) in [6, 6.07) is 10.8. The van der Waals surface area contributed by atoms with E-state index in [0.29, 0.717) is 0 Å². The van der Waals surface area contributed by atoms with Crippen molar-refractivity contribution in [3.63, 3.8) is 0 Å². The van der Waals surface area contributed by atoms with E-state index >= 15 is 0 Å². The summed E-state index contributed by atoms with van der Waals surface area (Å²) in [6.07, 6.45) is 9.16. The third kappa shape index (κ3) is 4.60. The Bertz CT molecular complexity index is 620. The Labute approximate surface area is 144 Å². The fourth-order valence-corrected chi connectivity index (χ4v) is 3.35. The predicted octanol–water partition coefficient (Wildman–Crippen LogP) is 2.41. The van der Waals surface area contributed by atoms with Gasteiger partial charge in [-0.25, -0.2) is 4.98 Å². The van der Waals surface area contributed by atoms with Crippen molar-refractivity contribution in [2.24, 2.45) is 10.9 Å². The first-order chi connectivity index (χ1) is 11.8. The first kappa shape index (κ1) is 16.6. The third-order valence-electron chi connectivity index (χ3n) is 4.60. The van der Waals surface area contributed by atoms with Gasteiger partial charge in [-0.1, -0.05) is 30.3 Å². The molecule has 24 heavy (non-hydrogen) atoms. The van der Waals surface area contributed by atoms with Gasteiger partial charge in [0, 0.05) is 45.6 Å². The number of aliphatic imine (C=N–C) groups is 1. The molecule has 1 aliphatic heterocycles. The van der Waals surface area contributed by atoms with Crippen LogP contribution in [0.5, 0.6) is 0 Å². The molecule has 1 aromatic carbocycles. The molecule has 2 heterocycles. The minimum Gasteiger partial charge on any atom is -0.356 e. The van der Waals surface area contributed by atoms with Crippen LogP contribution in [0.2, 0.25) is 0 Å². The number of benzene rings is 1. The number of likely N-dealkylation sites (tertiary alicyclic amines) is 1. The van der Waals surface area contributed by atoms with Gasteiger partial charge in [-0.2, -0.15) is 0 Å². The van der Waals surface area contributed by atoms with E-state index in [2.05, 4.69) is 55.1 Å². The minimum atomic E-state index is 0.719. The number of imidazole rings is 1. The number of hydrogen-bond acceptors (Lipinski definition) is 2. The van der Waals surface area contributed by atoms with Gasteiger partial charge in [0.2, 0.25) is 0 Å². The lowest BCUT2D eigenvalue weighted by Crippen LogP contribution is -2.40. The van der Waals surface area contributed by atoms with Crippen molar-refractivity contribution in [3.05, 3.63) is 54.6 Å². The Morgan fingerprint density at radius 3 is 2.96 bits per heavy atom. The molecule has 1 fully saturated rings. The van der Waals surface area contributed by atoms with Crippen LogP contribution in [-0.4, -0.2) is 47.1 Å². The maximum Gasteiger partial charge on any atom is 0.193 e. The second-order valence-electron chi connectivity index (χ2n) is 6.42. The molecule has 0 aliphatic carbocycles. The lowest BCUT2D eigenvalue weighted by molar-refractivity contribution is 0.457. The largest absolute Gasteiger partial charge is 0.356 e. The molecule has 3 rings (SSSR count). The summed E-state index contributed by atoms with van der Waals surface area (Å²) in [4.78, 5) is 10.9. The van der Waals surface area contributed by atoms with Crippen molar-refractivity contribution in [1.82, 2.24) is 19.8 Å². The van der Waals surface area contributed by atoms with Crippen LogP contribution < -0.4 is 5.32 Å². The smallest absolute Gasteiger partial charge is 0.193 e. The second kappa shape index (κ2) is 8.52. The van der Waals surface area contributed by atoms with Crippen molar-refractivity contribution in [1.29, 1.82) is 0 Å². The molecule has 1 saturated heterocycles. The van der Waals surface area contributed by atoms with Crippen LogP contribution in [0.15, 0.2) is 54.0 Å². The van der Waals surface area contributed by atoms with E-state index in [1.807, 2.05) is 25.8 Å². The molecule has 1 unspecified atom stereocenters. The molecular formula is C19H27N5. The zero-order valence-corrected chi connectivity index (χ0v) is 14.4. The zero-order valence-electron chi connectivity index (χ0n) is 14.4. The Morgan fingerprint density at radius 1 is 1.33 bits per heavy atom. The molecule has 1 atom stereocenters. The van der Waals surface area contributed by atoms with Crippen LogP contribution in [0.1, 0.15) is 18.4 Å².